The summed E-state index contributed by atoms with van der Waals surface area (Å²) < 4.78 is 20.9. The van der Waals surface area contributed by atoms with E-state index in [1.54, 1.807) is 53.6 Å². The highest BCUT2D eigenvalue weighted by molar-refractivity contribution is 5.94. The Hall–Kier alpha value is -4.01. The molecule has 4 aromatic rings. The second-order valence-electron chi connectivity index (χ2n) is 5.49. The molecule has 1 amide bonds. The Morgan fingerprint density at radius 1 is 1.11 bits per heavy atom. The van der Waals surface area contributed by atoms with Crippen molar-refractivity contribution in [2.75, 3.05) is 5.43 Å². The lowest BCUT2D eigenvalue weighted by Gasteiger charge is -2.08. The Balaban J connectivity index is 1.43. The van der Waals surface area contributed by atoms with Crippen LogP contribution in [0.2, 0.25) is 0 Å². The first-order valence-corrected chi connectivity index (χ1v) is 7.94. The van der Waals surface area contributed by atoms with Gasteiger partial charge in [0.25, 0.3) is 5.91 Å². The number of carbonyl (C=O) groups is 1. The van der Waals surface area contributed by atoms with Crippen LogP contribution in [0.15, 0.2) is 71.8 Å². The fraction of sp³-hybridized carbons (Fsp3) is 0. The molecule has 4 rings (SSSR count). The van der Waals surface area contributed by atoms with Gasteiger partial charge in [-0.2, -0.15) is 4.98 Å². The SMILES string of the molecule is O=C(NNc1nc(-c2ccncc2)no1)c1ccc(-n2cccc2)c(F)c1. The van der Waals surface area contributed by atoms with Crippen LogP contribution in [0.5, 0.6) is 0 Å². The number of anilines is 1. The number of rotatable bonds is 5. The molecule has 1 aromatic carbocycles. The van der Waals surface area contributed by atoms with Crippen molar-refractivity contribution < 1.29 is 13.7 Å². The van der Waals surface area contributed by atoms with E-state index in [4.69, 9.17) is 4.52 Å². The van der Waals surface area contributed by atoms with Crippen molar-refractivity contribution in [3.05, 3.63) is 78.6 Å². The first-order valence-electron chi connectivity index (χ1n) is 7.94. The van der Waals surface area contributed by atoms with Crippen molar-refractivity contribution >= 4 is 11.9 Å². The normalized spacial score (nSPS) is 10.6. The quantitative estimate of drug-likeness (QED) is 0.529. The third-order valence-electron chi connectivity index (χ3n) is 3.74. The third-order valence-corrected chi connectivity index (χ3v) is 3.74. The fourth-order valence-electron chi connectivity index (χ4n) is 2.43. The van der Waals surface area contributed by atoms with Crippen molar-refractivity contribution in [1.82, 2.24) is 25.1 Å². The van der Waals surface area contributed by atoms with E-state index in [1.807, 2.05) is 0 Å². The summed E-state index contributed by atoms with van der Waals surface area (Å²) in [6.45, 7) is 0. The number of nitrogens with one attached hydrogen (secondary N) is 2. The van der Waals surface area contributed by atoms with Gasteiger partial charge in [-0.15, -0.1) is 0 Å². The zero-order valence-corrected chi connectivity index (χ0v) is 13.8. The van der Waals surface area contributed by atoms with Crippen LogP contribution in [0.4, 0.5) is 10.4 Å². The molecular formula is C18H13FN6O2. The largest absolute Gasteiger partial charge is 0.340 e. The molecule has 0 aliphatic rings. The summed E-state index contributed by atoms with van der Waals surface area (Å²) in [7, 11) is 0. The number of amides is 1. The number of hydrogen-bond donors (Lipinski definition) is 2. The first kappa shape index (κ1) is 16.5. The van der Waals surface area contributed by atoms with Gasteiger partial charge in [0.1, 0.15) is 5.82 Å². The van der Waals surface area contributed by atoms with Crippen molar-refractivity contribution in [3.8, 4) is 17.1 Å². The Morgan fingerprint density at radius 2 is 1.89 bits per heavy atom. The van der Waals surface area contributed by atoms with Gasteiger partial charge in [-0.3, -0.25) is 15.2 Å². The number of hydrazine groups is 1. The molecule has 0 unspecified atom stereocenters. The van der Waals surface area contributed by atoms with Crippen LogP contribution in [0, 0.1) is 5.82 Å². The standard InChI is InChI=1S/C18H13FN6O2/c19-14-11-13(3-4-15(14)25-9-1-2-10-25)17(26)22-23-18-21-16(24-27-18)12-5-7-20-8-6-12/h1-11H,(H,22,26)(H,21,23,24). The molecule has 0 radical (unpaired) electrons. The molecule has 0 atom stereocenters. The Labute approximate surface area is 152 Å². The van der Waals surface area contributed by atoms with E-state index in [0.29, 0.717) is 11.5 Å². The van der Waals surface area contributed by atoms with E-state index in [9.17, 15) is 9.18 Å². The minimum absolute atomic E-state index is 0.000375. The predicted octanol–water partition coefficient (Wildman–Crippen LogP) is 2.82. The van der Waals surface area contributed by atoms with Crippen LogP contribution in [-0.2, 0) is 0 Å². The van der Waals surface area contributed by atoms with Gasteiger partial charge in [0.15, 0.2) is 0 Å². The number of nitrogens with zero attached hydrogens (tertiary/aromatic N) is 4. The second kappa shape index (κ2) is 7.08. The molecule has 0 aliphatic carbocycles. The van der Waals surface area contributed by atoms with E-state index in [0.717, 1.165) is 11.6 Å². The highest BCUT2D eigenvalue weighted by Gasteiger charge is 2.12. The number of benzene rings is 1. The van der Waals surface area contributed by atoms with Gasteiger partial charge >= 0.3 is 6.01 Å². The molecule has 0 aliphatic heterocycles. The summed E-state index contributed by atoms with van der Waals surface area (Å²) in [5.41, 5.74) is 6.11. The molecule has 8 nitrogen and oxygen atoms in total. The Morgan fingerprint density at radius 3 is 2.63 bits per heavy atom. The molecule has 9 heteroatoms. The van der Waals surface area contributed by atoms with Gasteiger partial charge in [0, 0.05) is 35.9 Å². The number of hydrogen-bond acceptors (Lipinski definition) is 6. The van der Waals surface area contributed by atoms with Gasteiger partial charge in [0.05, 0.1) is 5.69 Å². The van der Waals surface area contributed by atoms with Crippen molar-refractivity contribution in [3.63, 3.8) is 0 Å². The number of pyridine rings is 1. The summed E-state index contributed by atoms with van der Waals surface area (Å²) in [6.07, 6.45) is 6.64. The minimum Gasteiger partial charge on any atom is -0.321 e. The molecule has 0 fully saturated rings. The van der Waals surface area contributed by atoms with Crippen molar-refractivity contribution in [2.24, 2.45) is 0 Å². The maximum Gasteiger partial charge on any atom is 0.340 e. The van der Waals surface area contributed by atoms with E-state index in [-0.39, 0.29) is 11.6 Å². The molecule has 2 N–H and O–H groups in total. The van der Waals surface area contributed by atoms with Crippen LogP contribution < -0.4 is 10.9 Å². The van der Waals surface area contributed by atoms with Gasteiger partial charge in [-0.25, -0.2) is 9.82 Å². The maximum absolute atomic E-state index is 14.3. The van der Waals surface area contributed by atoms with Gasteiger partial charge < -0.3 is 9.09 Å². The van der Waals surface area contributed by atoms with Crippen LogP contribution >= 0.6 is 0 Å². The van der Waals surface area contributed by atoms with E-state index >= 15 is 0 Å². The van der Waals surface area contributed by atoms with Gasteiger partial charge in [0.2, 0.25) is 5.82 Å². The summed E-state index contributed by atoms with van der Waals surface area (Å²) >= 11 is 0. The third kappa shape index (κ3) is 3.52. The van der Waals surface area contributed by atoms with Crippen LogP contribution in [0.1, 0.15) is 10.4 Å². The van der Waals surface area contributed by atoms with Gasteiger partial charge in [-0.1, -0.05) is 5.16 Å². The highest BCUT2D eigenvalue weighted by Crippen LogP contribution is 2.17. The summed E-state index contributed by atoms with van der Waals surface area (Å²) in [5.74, 6) is -0.718. The molecule has 0 saturated heterocycles. The molecular weight excluding hydrogens is 351 g/mol. The molecule has 3 aromatic heterocycles. The van der Waals surface area contributed by atoms with Crippen LogP contribution in [0.3, 0.4) is 0 Å². The average Bonchev–Trinajstić information content (AvgIpc) is 3.39. The first-order chi connectivity index (χ1) is 13.2. The van der Waals surface area contributed by atoms with Crippen LogP contribution in [-0.4, -0.2) is 25.6 Å². The number of carbonyl (C=O) groups excluding carboxylic acids is 1. The zero-order valence-electron chi connectivity index (χ0n) is 13.8. The summed E-state index contributed by atoms with van der Waals surface area (Å²) in [5, 5.41) is 3.80. The maximum atomic E-state index is 14.3. The van der Waals surface area contributed by atoms with Crippen molar-refractivity contribution in [1.29, 1.82) is 0 Å². The fourth-order valence-corrected chi connectivity index (χ4v) is 2.43. The predicted molar refractivity (Wildman–Crippen MR) is 94.3 cm³/mol. The van der Waals surface area contributed by atoms with Crippen molar-refractivity contribution in [2.45, 2.75) is 0 Å². The topological polar surface area (TPSA) is 97.9 Å². The molecule has 27 heavy (non-hydrogen) atoms. The lowest BCUT2D eigenvalue weighted by molar-refractivity contribution is 0.0960. The molecule has 0 saturated carbocycles. The Bertz CT molecular complexity index is 1060. The molecule has 0 spiro atoms. The highest BCUT2D eigenvalue weighted by atomic mass is 19.1. The van der Waals surface area contributed by atoms with Crippen LogP contribution in [0.25, 0.3) is 17.1 Å². The smallest absolute Gasteiger partial charge is 0.321 e. The minimum atomic E-state index is -0.545. The average molecular weight is 364 g/mol. The van der Waals surface area contributed by atoms with E-state index in [2.05, 4.69) is 26.0 Å². The molecule has 134 valence electrons. The Kier molecular flexibility index (Phi) is 4.32. The monoisotopic (exact) mass is 364 g/mol. The summed E-state index contributed by atoms with van der Waals surface area (Å²) in [4.78, 5) is 20.2. The van der Waals surface area contributed by atoms with E-state index in [1.165, 1.54) is 12.1 Å². The molecule has 0 bridgehead atoms. The number of halogens is 1. The molecule has 3 heterocycles. The van der Waals surface area contributed by atoms with Gasteiger partial charge in [-0.05, 0) is 42.5 Å². The zero-order chi connectivity index (χ0) is 18.6. The second-order valence-corrected chi connectivity index (χ2v) is 5.49. The lowest BCUT2D eigenvalue weighted by atomic mass is 10.2. The van der Waals surface area contributed by atoms with E-state index < -0.39 is 11.7 Å². The number of aromatic nitrogens is 4. The summed E-state index contributed by atoms with van der Waals surface area (Å²) in [6, 6.07) is 11.2. The lowest BCUT2D eigenvalue weighted by Crippen LogP contribution is -2.29.